The van der Waals surface area contributed by atoms with Crippen LogP contribution in [0.3, 0.4) is 0 Å². The molecule has 0 spiro atoms. The quantitative estimate of drug-likeness (QED) is 0.635. The zero-order valence-electron chi connectivity index (χ0n) is 8.17. The molecule has 3 heteroatoms. The molecule has 0 aromatic carbocycles. The molecular weight excluding hydrogens is 175 g/mol. The summed E-state index contributed by atoms with van der Waals surface area (Å²) in [6.45, 7) is 13.8. The number of rotatable bonds is 6. The first-order valence-corrected chi connectivity index (χ1v) is 5.74. The van der Waals surface area contributed by atoms with Gasteiger partial charge in [0.25, 0.3) is 0 Å². The van der Waals surface area contributed by atoms with Crippen molar-refractivity contribution >= 4 is 0 Å². The summed E-state index contributed by atoms with van der Waals surface area (Å²) < 4.78 is 5.06. The van der Waals surface area contributed by atoms with E-state index >= 15 is 0 Å². The Morgan fingerprint density at radius 2 is 1.00 bits per heavy atom. The third-order valence-corrected chi connectivity index (χ3v) is 4.27. The molecule has 0 aliphatic rings. The van der Waals surface area contributed by atoms with Crippen LogP contribution in [0.4, 0.5) is 0 Å². The summed E-state index contributed by atoms with van der Waals surface area (Å²) in [6.07, 6.45) is 0. The second kappa shape index (κ2) is 7.17. The van der Waals surface area contributed by atoms with Crippen molar-refractivity contribution in [2.24, 2.45) is 0 Å². The number of hydrogen-bond acceptors (Lipinski definition) is 2. The Kier molecular flexibility index (Phi) is 7.50. The summed E-state index contributed by atoms with van der Waals surface area (Å²) in [6, 6.07) is 0. The van der Waals surface area contributed by atoms with Crippen LogP contribution in [0.1, 0.15) is 27.7 Å². The molecule has 0 saturated heterocycles. The second-order valence-corrected chi connectivity index (χ2v) is 4.41. The van der Waals surface area contributed by atoms with Crippen LogP contribution < -0.4 is 0 Å². The Bertz CT molecular complexity index is 70.2. The van der Waals surface area contributed by atoms with E-state index in [-0.39, 0.29) is 0 Å². The summed E-state index contributed by atoms with van der Waals surface area (Å²) >= 11 is 0.302. The normalized spacial score (nSPS) is 11.1. The predicted molar refractivity (Wildman–Crippen MR) is 45.8 cm³/mol. The van der Waals surface area contributed by atoms with Crippen LogP contribution in [0.2, 0.25) is 0 Å². The van der Waals surface area contributed by atoms with Crippen molar-refractivity contribution in [2.45, 2.75) is 27.7 Å². The molecule has 0 aromatic heterocycles. The average molecular weight is 195 g/mol. The van der Waals surface area contributed by atoms with Gasteiger partial charge >= 0.3 is 78.1 Å². The molecule has 0 N–H and O–H groups in total. The van der Waals surface area contributed by atoms with E-state index in [1.54, 1.807) is 0 Å². The van der Waals surface area contributed by atoms with Gasteiger partial charge in [0.2, 0.25) is 0 Å². The Hall–Kier alpha value is 0.504. The Morgan fingerprint density at radius 3 is 1.18 bits per heavy atom. The first kappa shape index (κ1) is 11.5. The van der Waals surface area contributed by atoms with Crippen LogP contribution in [-0.2, 0) is 16.8 Å². The van der Waals surface area contributed by atoms with Crippen LogP contribution in [0.15, 0.2) is 0 Å². The fourth-order valence-corrected chi connectivity index (χ4v) is 2.23. The maximum absolute atomic E-state index is 2.53. The van der Waals surface area contributed by atoms with Crippen molar-refractivity contribution in [3.63, 3.8) is 0 Å². The summed E-state index contributed by atoms with van der Waals surface area (Å²) in [5, 5.41) is 0. The Morgan fingerprint density at radius 1 is 0.727 bits per heavy atom. The molecule has 0 saturated carbocycles. The first-order chi connectivity index (χ1) is 5.28. The van der Waals surface area contributed by atoms with Crippen LogP contribution in [-0.4, -0.2) is 33.7 Å². The maximum atomic E-state index is 2.53. The van der Waals surface area contributed by atoms with Crippen LogP contribution >= 0.6 is 0 Å². The molecule has 0 atom stereocenters. The molecule has 0 heterocycles. The van der Waals surface area contributed by atoms with Crippen molar-refractivity contribution in [1.29, 1.82) is 0 Å². The SMILES string of the molecule is CC[N](CC)[V][N](CC)CC. The Labute approximate surface area is 78.5 Å². The molecule has 0 aliphatic heterocycles. The molecule has 0 bridgehead atoms. The van der Waals surface area contributed by atoms with Crippen LogP contribution in [0.25, 0.3) is 0 Å². The van der Waals surface area contributed by atoms with E-state index in [9.17, 15) is 0 Å². The molecule has 2 nitrogen and oxygen atoms in total. The standard InChI is InChI=1S/2C4H10N.V/c2*1-3-5-4-2;/h2*3-4H2,1-2H3;/q2*-1;+2. The molecule has 0 amide bonds. The van der Waals surface area contributed by atoms with Crippen molar-refractivity contribution < 1.29 is 16.8 Å². The molecule has 67 valence electrons. The van der Waals surface area contributed by atoms with E-state index in [1.165, 1.54) is 26.2 Å². The topological polar surface area (TPSA) is 6.48 Å². The molecule has 0 aromatic rings. The zero-order chi connectivity index (χ0) is 8.69. The predicted octanol–water partition coefficient (Wildman–Crippen LogP) is 1.58. The zero-order valence-corrected chi connectivity index (χ0v) is 9.57. The minimum atomic E-state index is 0.302. The molecule has 0 aliphatic carbocycles. The third-order valence-electron chi connectivity index (χ3n) is 1.71. The number of nitrogens with zero attached hydrogens (tertiary/aromatic N) is 2. The van der Waals surface area contributed by atoms with Gasteiger partial charge in [-0.2, -0.15) is 0 Å². The molecule has 0 radical (unpaired) electrons. The van der Waals surface area contributed by atoms with Gasteiger partial charge in [-0.05, 0) is 0 Å². The minimum absolute atomic E-state index is 0.302. The number of hydrogen-bond donors (Lipinski definition) is 0. The van der Waals surface area contributed by atoms with E-state index < -0.39 is 0 Å². The first-order valence-electron chi connectivity index (χ1n) is 4.49. The van der Waals surface area contributed by atoms with Crippen LogP contribution in [0.5, 0.6) is 0 Å². The monoisotopic (exact) mass is 195 g/mol. The van der Waals surface area contributed by atoms with E-state index in [4.69, 9.17) is 0 Å². The third kappa shape index (κ3) is 4.86. The van der Waals surface area contributed by atoms with Crippen molar-refractivity contribution in [1.82, 2.24) is 7.50 Å². The van der Waals surface area contributed by atoms with Gasteiger partial charge in [-0.15, -0.1) is 0 Å². The van der Waals surface area contributed by atoms with E-state index in [2.05, 4.69) is 35.2 Å². The second-order valence-electron chi connectivity index (χ2n) is 2.37. The molecular formula is C8H20N2V. The van der Waals surface area contributed by atoms with Gasteiger partial charge < -0.3 is 0 Å². The average Bonchev–Trinajstić information content (AvgIpc) is 2.07. The van der Waals surface area contributed by atoms with Crippen molar-refractivity contribution in [3.05, 3.63) is 0 Å². The van der Waals surface area contributed by atoms with Gasteiger partial charge in [-0.25, -0.2) is 0 Å². The fourth-order valence-electron chi connectivity index (χ4n) is 0.879. The van der Waals surface area contributed by atoms with Gasteiger partial charge in [0.05, 0.1) is 0 Å². The van der Waals surface area contributed by atoms with Gasteiger partial charge in [-0.1, -0.05) is 0 Å². The van der Waals surface area contributed by atoms with Gasteiger partial charge in [0.15, 0.2) is 0 Å². The summed E-state index contributed by atoms with van der Waals surface area (Å²) in [4.78, 5) is 0. The Balaban J connectivity index is 3.58. The van der Waals surface area contributed by atoms with Crippen molar-refractivity contribution in [2.75, 3.05) is 26.2 Å². The molecule has 0 unspecified atom stereocenters. The molecule has 0 rings (SSSR count). The molecule has 0 fully saturated rings. The van der Waals surface area contributed by atoms with E-state index in [1.807, 2.05) is 0 Å². The van der Waals surface area contributed by atoms with E-state index in [0.29, 0.717) is 16.8 Å². The fraction of sp³-hybridized carbons (Fsp3) is 1.00. The van der Waals surface area contributed by atoms with Crippen LogP contribution in [0, 0.1) is 0 Å². The van der Waals surface area contributed by atoms with Gasteiger partial charge in [-0.3, -0.25) is 0 Å². The molecule has 11 heavy (non-hydrogen) atoms. The summed E-state index contributed by atoms with van der Waals surface area (Å²) in [7, 11) is 0. The summed E-state index contributed by atoms with van der Waals surface area (Å²) in [5.74, 6) is 0. The van der Waals surface area contributed by atoms with Crippen molar-refractivity contribution in [3.8, 4) is 0 Å². The summed E-state index contributed by atoms with van der Waals surface area (Å²) in [5.41, 5.74) is 0. The van der Waals surface area contributed by atoms with Gasteiger partial charge in [0, 0.05) is 0 Å². The van der Waals surface area contributed by atoms with Gasteiger partial charge in [0.1, 0.15) is 0 Å². The van der Waals surface area contributed by atoms with E-state index in [0.717, 1.165) is 0 Å².